The van der Waals surface area contributed by atoms with Gasteiger partial charge in [0.1, 0.15) is 11.6 Å². The number of imidazole rings is 1. The van der Waals surface area contributed by atoms with Crippen LogP contribution in [0.25, 0.3) is 50.5 Å². The van der Waals surface area contributed by atoms with Gasteiger partial charge in [-0.25, -0.2) is 9.37 Å². The molecule has 0 atom stereocenters. The summed E-state index contributed by atoms with van der Waals surface area (Å²) in [6.45, 7) is 13.3. The fraction of sp³-hybridized carbons (Fsp3) is 0.214. The average Bonchev–Trinajstić information content (AvgIpc) is 3.54. The zero-order valence-corrected chi connectivity index (χ0v) is 27.1. The van der Waals surface area contributed by atoms with Crippen molar-refractivity contribution in [2.24, 2.45) is 0 Å². The third-order valence-electron chi connectivity index (χ3n) is 8.78. The maximum Gasteiger partial charge on any atom is 0.144 e. The second-order valence-corrected chi connectivity index (χ2v) is 12.9. The third-order valence-corrected chi connectivity index (χ3v) is 8.78. The maximum atomic E-state index is 13.9. The fourth-order valence-corrected chi connectivity index (χ4v) is 5.95. The van der Waals surface area contributed by atoms with Crippen LogP contribution >= 0.6 is 0 Å². The van der Waals surface area contributed by atoms with Crippen molar-refractivity contribution < 1.29 is 4.39 Å². The van der Waals surface area contributed by atoms with Gasteiger partial charge >= 0.3 is 0 Å². The van der Waals surface area contributed by atoms with Crippen LogP contribution in [0.1, 0.15) is 76.0 Å². The largest absolute Gasteiger partial charge is 0.299 e. The number of aromatic nitrogens is 2. The normalized spacial score (nSPS) is 11.6. The first-order valence-electron chi connectivity index (χ1n) is 16.0. The van der Waals surface area contributed by atoms with Gasteiger partial charge in [-0.1, -0.05) is 114 Å². The Morgan fingerprint density at radius 2 is 0.889 bits per heavy atom. The van der Waals surface area contributed by atoms with Gasteiger partial charge in [0.05, 0.1) is 5.69 Å². The van der Waals surface area contributed by atoms with Crippen molar-refractivity contribution in [2.45, 2.75) is 59.3 Å². The number of nitrogens with zero attached hydrogens (tertiary/aromatic N) is 2. The number of halogens is 1. The molecule has 0 aliphatic carbocycles. The predicted octanol–water partition coefficient (Wildman–Crippen LogP) is 12.0. The molecule has 5 aromatic carbocycles. The molecule has 0 saturated heterocycles. The average molecular weight is 593 g/mol. The van der Waals surface area contributed by atoms with Gasteiger partial charge in [-0.2, -0.15) is 0 Å². The van der Waals surface area contributed by atoms with Crippen LogP contribution in [0.2, 0.25) is 0 Å². The summed E-state index contributed by atoms with van der Waals surface area (Å²) in [5.41, 5.74) is 12.7. The lowest BCUT2D eigenvalue weighted by molar-refractivity contribution is 0.628. The maximum absolute atomic E-state index is 13.9. The molecule has 0 aliphatic rings. The van der Waals surface area contributed by atoms with E-state index in [2.05, 4.69) is 131 Å². The standard InChI is InChI=1S/C42H41FN2/c1-27(2)30-7-13-33(14-8-30)37-25-39(34-15-9-31(10-16-34)28(3)4)41(40(26-37)35-17-11-32(12-18-35)29(5)6)45-24-23-44-42(45)36-19-21-38(43)22-20-36/h7-29H,1-6H3. The zero-order chi connectivity index (χ0) is 31.7. The molecule has 0 aliphatic heterocycles. The van der Waals surface area contributed by atoms with Crippen LogP contribution in [0.3, 0.4) is 0 Å². The number of benzene rings is 5. The molecule has 0 amide bonds. The van der Waals surface area contributed by atoms with Gasteiger partial charge < -0.3 is 0 Å². The Bertz CT molecular complexity index is 1820. The van der Waals surface area contributed by atoms with Crippen LogP contribution in [0.15, 0.2) is 122 Å². The molecule has 6 aromatic rings. The van der Waals surface area contributed by atoms with Crippen LogP contribution in [0.5, 0.6) is 0 Å². The lowest BCUT2D eigenvalue weighted by Gasteiger charge is -2.21. The summed E-state index contributed by atoms with van der Waals surface area (Å²) >= 11 is 0. The number of rotatable bonds is 8. The van der Waals surface area contributed by atoms with E-state index in [1.54, 1.807) is 12.1 Å². The Morgan fingerprint density at radius 1 is 0.489 bits per heavy atom. The predicted molar refractivity (Wildman–Crippen MR) is 188 cm³/mol. The molecule has 6 rings (SSSR count). The van der Waals surface area contributed by atoms with Gasteiger partial charge in [-0.15, -0.1) is 0 Å². The quantitative estimate of drug-likeness (QED) is 0.172. The lowest BCUT2D eigenvalue weighted by Crippen LogP contribution is -2.03. The Balaban J connectivity index is 1.66. The molecule has 0 saturated carbocycles. The van der Waals surface area contributed by atoms with Crippen LogP contribution in [-0.2, 0) is 0 Å². The molecule has 0 unspecified atom stereocenters. The summed E-state index contributed by atoms with van der Waals surface area (Å²) in [6, 6.07) is 38.1. The Labute approximate surface area is 267 Å². The van der Waals surface area contributed by atoms with E-state index in [1.165, 1.54) is 34.4 Å². The molecular weight excluding hydrogens is 551 g/mol. The molecule has 0 bridgehead atoms. The van der Waals surface area contributed by atoms with Crippen molar-refractivity contribution in [1.29, 1.82) is 0 Å². The highest BCUT2D eigenvalue weighted by molar-refractivity contribution is 5.91. The third kappa shape index (κ3) is 6.26. The van der Waals surface area contributed by atoms with Crippen molar-refractivity contribution >= 4 is 0 Å². The van der Waals surface area contributed by atoms with Gasteiger partial charge in [0, 0.05) is 29.1 Å². The topological polar surface area (TPSA) is 17.8 Å². The van der Waals surface area contributed by atoms with E-state index in [1.807, 2.05) is 12.4 Å². The molecule has 226 valence electrons. The monoisotopic (exact) mass is 592 g/mol. The second kappa shape index (κ2) is 12.7. The van der Waals surface area contributed by atoms with Crippen molar-refractivity contribution in [1.82, 2.24) is 9.55 Å². The minimum atomic E-state index is -0.262. The van der Waals surface area contributed by atoms with E-state index in [0.717, 1.165) is 44.9 Å². The number of hydrogen-bond donors (Lipinski definition) is 0. The van der Waals surface area contributed by atoms with E-state index in [-0.39, 0.29) is 5.82 Å². The molecule has 0 fully saturated rings. The highest BCUT2D eigenvalue weighted by Gasteiger charge is 2.20. The minimum Gasteiger partial charge on any atom is -0.299 e. The molecule has 3 heteroatoms. The Kier molecular flexibility index (Phi) is 8.54. The smallest absolute Gasteiger partial charge is 0.144 e. The summed E-state index contributed by atoms with van der Waals surface area (Å²) in [6.07, 6.45) is 3.84. The molecule has 45 heavy (non-hydrogen) atoms. The Morgan fingerprint density at radius 3 is 1.31 bits per heavy atom. The highest BCUT2D eigenvalue weighted by Crippen LogP contribution is 2.42. The first kappa shape index (κ1) is 30.3. The molecule has 0 spiro atoms. The highest BCUT2D eigenvalue weighted by atomic mass is 19.1. The first-order valence-corrected chi connectivity index (χ1v) is 16.0. The van der Waals surface area contributed by atoms with Gasteiger partial charge in [0.2, 0.25) is 0 Å². The zero-order valence-electron chi connectivity index (χ0n) is 27.1. The van der Waals surface area contributed by atoms with Crippen LogP contribution in [-0.4, -0.2) is 9.55 Å². The van der Waals surface area contributed by atoms with Crippen molar-refractivity contribution in [3.63, 3.8) is 0 Å². The van der Waals surface area contributed by atoms with E-state index >= 15 is 0 Å². The van der Waals surface area contributed by atoms with Gasteiger partial charge in [0.15, 0.2) is 0 Å². The van der Waals surface area contributed by atoms with E-state index < -0.39 is 0 Å². The lowest BCUT2D eigenvalue weighted by atomic mass is 9.88. The Hall–Kier alpha value is -4.76. The molecule has 0 N–H and O–H groups in total. The molecule has 2 nitrogen and oxygen atoms in total. The van der Waals surface area contributed by atoms with Gasteiger partial charge in [-0.3, -0.25) is 4.57 Å². The van der Waals surface area contributed by atoms with E-state index in [4.69, 9.17) is 4.98 Å². The second-order valence-electron chi connectivity index (χ2n) is 12.9. The molecule has 1 heterocycles. The molecule has 0 radical (unpaired) electrons. The van der Waals surface area contributed by atoms with E-state index in [0.29, 0.717) is 17.8 Å². The van der Waals surface area contributed by atoms with E-state index in [9.17, 15) is 4.39 Å². The van der Waals surface area contributed by atoms with Crippen LogP contribution < -0.4 is 0 Å². The van der Waals surface area contributed by atoms with Crippen molar-refractivity contribution in [3.8, 4) is 50.5 Å². The summed E-state index contributed by atoms with van der Waals surface area (Å²) in [7, 11) is 0. The van der Waals surface area contributed by atoms with Crippen molar-refractivity contribution in [3.05, 3.63) is 144 Å². The summed E-state index contributed by atoms with van der Waals surface area (Å²) in [4.78, 5) is 4.78. The number of hydrogen-bond acceptors (Lipinski definition) is 1. The SMILES string of the molecule is CC(C)c1ccc(-c2cc(-c3ccc(C(C)C)cc3)c(-n3ccnc3-c3ccc(F)cc3)c(-c3ccc(C(C)C)cc3)c2)cc1. The minimum absolute atomic E-state index is 0.262. The summed E-state index contributed by atoms with van der Waals surface area (Å²) < 4.78 is 16.1. The first-order chi connectivity index (χ1) is 21.7. The summed E-state index contributed by atoms with van der Waals surface area (Å²) in [5.74, 6) is 1.86. The van der Waals surface area contributed by atoms with Crippen LogP contribution in [0, 0.1) is 5.82 Å². The molecular formula is C42H41FN2. The summed E-state index contributed by atoms with van der Waals surface area (Å²) in [5, 5.41) is 0. The van der Waals surface area contributed by atoms with Crippen LogP contribution in [0.4, 0.5) is 4.39 Å². The van der Waals surface area contributed by atoms with Gasteiger partial charge in [-0.05, 0) is 93.1 Å². The fourth-order valence-electron chi connectivity index (χ4n) is 5.95. The molecule has 1 aromatic heterocycles. The van der Waals surface area contributed by atoms with Crippen molar-refractivity contribution in [2.75, 3.05) is 0 Å². The van der Waals surface area contributed by atoms with Gasteiger partial charge in [0.25, 0.3) is 0 Å².